The average molecular weight is 259 g/mol. The normalized spacial score (nSPS) is 29.9. The average Bonchev–Trinajstić information content (AvgIpc) is 2.91. The van der Waals surface area contributed by atoms with Crippen molar-refractivity contribution in [1.29, 1.82) is 0 Å². The van der Waals surface area contributed by atoms with Gasteiger partial charge in [-0.1, -0.05) is 25.5 Å². The maximum atomic E-state index is 5.23. The summed E-state index contributed by atoms with van der Waals surface area (Å²) in [5, 5.41) is 3.72. The van der Waals surface area contributed by atoms with Crippen molar-refractivity contribution in [3.8, 4) is 5.75 Å². The van der Waals surface area contributed by atoms with Gasteiger partial charge in [-0.05, 0) is 61.3 Å². The van der Waals surface area contributed by atoms with Crippen LogP contribution in [0.3, 0.4) is 0 Å². The van der Waals surface area contributed by atoms with Crippen LogP contribution in [-0.4, -0.2) is 19.7 Å². The molecule has 2 fully saturated rings. The highest BCUT2D eigenvalue weighted by Gasteiger charge is 2.55. The molecular weight excluding hydrogens is 234 g/mol. The Morgan fingerprint density at radius 2 is 1.89 bits per heavy atom. The third-order valence-electron chi connectivity index (χ3n) is 5.02. The maximum Gasteiger partial charge on any atom is 0.118 e. The molecule has 1 aromatic rings. The molecular formula is C17H25NO. The monoisotopic (exact) mass is 259 g/mol. The number of nitrogens with one attached hydrogen (secondary N) is 1. The summed E-state index contributed by atoms with van der Waals surface area (Å²) in [6.45, 7) is 3.30. The van der Waals surface area contributed by atoms with Crippen LogP contribution in [0.4, 0.5) is 0 Å². The zero-order valence-corrected chi connectivity index (χ0v) is 12.1. The molecule has 3 unspecified atom stereocenters. The van der Waals surface area contributed by atoms with Crippen molar-refractivity contribution < 1.29 is 4.74 Å². The van der Waals surface area contributed by atoms with Crippen LogP contribution in [0, 0.1) is 17.8 Å². The number of hydrogen-bond acceptors (Lipinski definition) is 2. The fraction of sp³-hybridized carbons (Fsp3) is 0.647. The third-order valence-corrected chi connectivity index (χ3v) is 5.02. The second-order valence-corrected chi connectivity index (χ2v) is 6.05. The fourth-order valence-corrected chi connectivity index (χ4v) is 4.10. The molecule has 1 N–H and O–H groups in total. The molecule has 2 aliphatic carbocycles. The Balaban J connectivity index is 1.64. The Labute approximate surface area is 116 Å². The van der Waals surface area contributed by atoms with Crippen molar-refractivity contribution in [2.24, 2.45) is 17.8 Å². The van der Waals surface area contributed by atoms with E-state index in [1.165, 1.54) is 24.8 Å². The van der Waals surface area contributed by atoms with Gasteiger partial charge in [0.15, 0.2) is 0 Å². The molecule has 1 aromatic carbocycles. The van der Waals surface area contributed by atoms with Gasteiger partial charge in [-0.25, -0.2) is 0 Å². The van der Waals surface area contributed by atoms with Crippen molar-refractivity contribution in [1.82, 2.24) is 5.32 Å². The minimum Gasteiger partial charge on any atom is -0.497 e. The Bertz CT molecular complexity index is 404. The first kappa shape index (κ1) is 13.0. The number of benzene rings is 1. The molecule has 104 valence electrons. The summed E-state index contributed by atoms with van der Waals surface area (Å²) in [6, 6.07) is 9.24. The minimum atomic E-state index is 0.675. The van der Waals surface area contributed by atoms with Crippen molar-refractivity contribution in [3.05, 3.63) is 29.8 Å². The molecule has 0 saturated heterocycles. The van der Waals surface area contributed by atoms with Crippen LogP contribution in [0.15, 0.2) is 24.3 Å². The molecule has 0 radical (unpaired) electrons. The largest absolute Gasteiger partial charge is 0.497 e. The van der Waals surface area contributed by atoms with Crippen LogP contribution in [0.1, 0.15) is 31.7 Å². The van der Waals surface area contributed by atoms with Gasteiger partial charge in [0, 0.05) is 6.04 Å². The van der Waals surface area contributed by atoms with Gasteiger partial charge in [0.2, 0.25) is 0 Å². The van der Waals surface area contributed by atoms with Crippen LogP contribution in [0.2, 0.25) is 0 Å². The van der Waals surface area contributed by atoms with Crippen LogP contribution in [0.5, 0.6) is 5.75 Å². The molecule has 3 rings (SSSR count). The first-order chi connectivity index (χ1) is 9.33. The highest BCUT2D eigenvalue weighted by molar-refractivity contribution is 5.28. The van der Waals surface area contributed by atoms with Crippen LogP contribution in [0.25, 0.3) is 0 Å². The number of hydrogen-bond donors (Lipinski definition) is 1. The van der Waals surface area contributed by atoms with Gasteiger partial charge < -0.3 is 10.1 Å². The van der Waals surface area contributed by atoms with Gasteiger partial charge in [-0.3, -0.25) is 0 Å². The zero-order valence-electron chi connectivity index (χ0n) is 12.1. The highest BCUT2D eigenvalue weighted by Crippen LogP contribution is 2.59. The van der Waals surface area contributed by atoms with E-state index in [1.54, 1.807) is 7.11 Å². The standard InChI is InChI=1S/C17H25NO/c1-3-18-16(17-14-5-4-6-15(14)17)11-12-7-9-13(19-2)10-8-12/h7-10,14-18H,3-6,11H2,1-2H3. The number of likely N-dealkylation sites (N-methyl/N-ethyl adjacent to an activating group) is 1. The van der Waals surface area contributed by atoms with E-state index in [-0.39, 0.29) is 0 Å². The second-order valence-electron chi connectivity index (χ2n) is 6.05. The summed E-state index contributed by atoms with van der Waals surface area (Å²) in [7, 11) is 1.72. The quantitative estimate of drug-likeness (QED) is 0.846. The summed E-state index contributed by atoms with van der Waals surface area (Å²) >= 11 is 0. The van der Waals surface area contributed by atoms with Crippen LogP contribution < -0.4 is 10.1 Å². The lowest BCUT2D eigenvalue weighted by molar-refractivity contribution is 0.408. The molecule has 0 aromatic heterocycles. The molecule has 19 heavy (non-hydrogen) atoms. The van der Waals surface area contributed by atoms with Gasteiger partial charge in [-0.2, -0.15) is 0 Å². The topological polar surface area (TPSA) is 21.3 Å². The van der Waals surface area contributed by atoms with Crippen molar-refractivity contribution >= 4 is 0 Å². The van der Waals surface area contributed by atoms with Crippen molar-refractivity contribution in [2.75, 3.05) is 13.7 Å². The molecule has 3 atom stereocenters. The van der Waals surface area contributed by atoms with E-state index in [0.29, 0.717) is 6.04 Å². The molecule has 2 heteroatoms. The zero-order chi connectivity index (χ0) is 13.2. The Morgan fingerprint density at radius 3 is 2.47 bits per heavy atom. The second kappa shape index (κ2) is 5.54. The van der Waals surface area contributed by atoms with Gasteiger partial charge in [0.1, 0.15) is 5.75 Å². The van der Waals surface area contributed by atoms with Crippen LogP contribution >= 0.6 is 0 Å². The van der Waals surface area contributed by atoms with Gasteiger partial charge in [-0.15, -0.1) is 0 Å². The predicted octanol–water partition coefficient (Wildman–Crippen LogP) is 3.26. The summed E-state index contributed by atoms with van der Waals surface area (Å²) in [5.41, 5.74) is 1.43. The Morgan fingerprint density at radius 1 is 1.21 bits per heavy atom. The van der Waals surface area contributed by atoms with E-state index in [9.17, 15) is 0 Å². The van der Waals surface area contributed by atoms with Crippen molar-refractivity contribution in [2.45, 2.75) is 38.6 Å². The molecule has 0 bridgehead atoms. The van der Waals surface area contributed by atoms with Crippen molar-refractivity contribution in [3.63, 3.8) is 0 Å². The van der Waals surface area contributed by atoms with E-state index < -0.39 is 0 Å². The number of methoxy groups -OCH3 is 1. The lowest BCUT2D eigenvalue weighted by Gasteiger charge is -2.20. The lowest BCUT2D eigenvalue weighted by atomic mass is 9.97. The molecule has 0 amide bonds. The highest BCUT2D eigenvalue weighted by atomic mass is 16.5. The van der Waals surface area contributed by atoms with Gasteiger partial charge in [0.25, 0.3) is 0 Å². The number of fused-ring (bicyclic) bond motifs is 1. The first-order valence-corrected chi connectivity index (χ1v) is 7.69. The maximum absolute atomic E-state index is 5.23. The molecule has 0 heterocycles. The predicted molar refractivity (Wildman–Crippen MR) is 78.5 cm³/mol. The molecule has 0 aliphatic heterocycles. The van der Waals surface area contributed by atoms with E-state index >= 15 is 0 Å². The van der Waals surface area contributed by atoms with E-state index in [2.05, 4.69) is 36.5 Å². The lowest BCUT2D eigenvalue weighted by Crippen LogP contribution is -2.34. The van der Waals surface area contributed by atoms with Gasteiger partial charge >= 0.3 is 0 Å². The summed E-state index contributed by atoms with van der Waals surface area (Å²) in [5.74, 6) is 3.95. The minimum absolute atomic E-state index is 0.675. The van der Waals surface area contributed by atoms with E-state index in [0.717, 1.165) is 36.5 Å². The summed E-state index contributed by atoms with van der Waals surface area (Å²) < 4.78 is 5.23. The fourth-order valence-electron chi connectivity index (χ4n) is 4.10. The first-order valence-electron chi connectivity index (χ1n) is 7.69. The smallest absolute Gasteiger partial charge is 0.118 e. The van der Waals surface area contributed by atoms with Crippen LogP contribution in [-0.2, 0) is 6.42 Å². The van der Waals surface area contributed by atoms with E-state index in [4.69, 9.17) is 4.74 Å². The Hall–Kier alpha value is -1.02. The molecule has 2 saturated carbocycles. The SMILES string of the molecule is CCNC(Cc1ccc(OC)cc1)C1C2CCCC21. The molecule has 2 aliphatic rings. The summed E-state index contributed by atoms with van der Waals surface area (Å²) in [4.78, 5) is 0. The summed E-state index contributed by atoms with van der Waals surface area (Å²) in [6.07, 6.45) is 5.57. The van der Waals surface area contributed by atoms with Gasteiger partial charge in [0.05, 0.1) is 7.11 Å². The Kier molecular flexibility index (Phi) is 3.79. The third kappa shape index (κ3) is 2.64. The van der Waals surface area contributed by atoms with E-state index in [1.807, 2.05) is 0 Å². The molecule has 0 spiro atoms. The number of rotatable bonds is 6. The molecule has 2 nitrogen and oxygen atoms in total. The number of ether oxygens (including phenoxy) is 1.